The van der Waals surface area contributed by atoms with Gasteiger partial charge in [-0.3, -0.25) is 4.79 Å². The molecule has 0 amide bonds. The second-order valence-corrected chi connectivity index (χ2v) is 7.24. The lowest BCUT2D eigenvalue weighted by molar-refractivity contribution is -0.138. The van der Waals surface area contributed by atoms with Gasteiger partial charge in [0.2, 0.25) is 10.0 Å². The van der Waals surface area contributed by atoms with E-state index < -0.39 is 38.6 Å². The summed E-state index contributed by atoms with van der Waals surface area (Å²) in [5, 5.41) is 11.6. The summed E-state index contributed by atoms with van der Waals surface area (Å²) in [6.45, 7) is 0. The van der Waals surface area contributed by atoms with Crippen molar-refractivity contribution in [3.05, 3.63) is 63.9 Å². The number of nitrogens with one attached hydrogen (secondary N) is 1. The zero-order valence-electron chi connectivity index (χ0n) is 13.0. The van der Waals surface area contributed by atoms with Crippen molar-refractivity contribution < 1.29 is 21.6 Å². The Morgan fingerprint density at radius 2 is 1.73 bits per heavy atom. The van der Waals surface area contributed by atoms with E-state index in [2.05, 4.69) is 10.2 Å². The van der Waals surface area contributed by atoms with Gasteiger partial charge in [-0.1, -0.05) is 30.3 Å². The Kier molecular flexibility index (Phi) is 4.32. The number of hydrogen-bond acceptors (Lipinski definition) is 4. The smallest absolute Gasteiger partial charge is 0.267 e. The Balaban J connectivity index is 2.25. The zero-order valence-corrected chi connectivity index (χ0v) is 13.9. The number of primary sulfonamides is 1. The molecule has 0 fully saturated rings. The van der Waals surface area contributed by atoms with Crippen LogP contribution in [0, 0.1) is 0 Å². The molecule has 0 aliphatic heterocycles. The minimum absolute atomic E-state index is 0.0861. The van der Waals surface area contributed by atoms with Gasteiger partial charge >= 0.3 is 6.18 Å². The quantitative estimate of drug-likeness (QED) is 0.724. The fourth-order valence-corrected chi connectivity index (χ4v) is 3.35. The van der Waals surface area contributed by atoms with E-state index in [-0.39, 0.29) is 16.6 Å². The summed E-state index contributed by atoms with van der Waals surface area (Å²) in [6.07, 6.45) is -4.78. The minimum atomic E-state index is -4.78. The number of H-pyrrole nitrogens is 1. The average Bonchev–Trinajstić information content (AvgIpc) is 2.54. The van der Waals surface area contributed by atoms with Crippen LogP contribution in [0.1, 0.15) is 11.1 Å². The number of nitrogens with zero attached hydrogens (tertiary/aromatic N) is 1. The third kappa shape index (κ3) is 3.60. The third-order valence-electron chi connectivity index (χ3n) is 3.74. The van der Waals surface area contributed by atoms with Crippen LogP contribution in [0.25, 0.3) is 22.0 Å². The van der Waals surface area contributed by atoms with Gasteiger partial charge in [-0.2, -0.15) is 18.3 Å². The van der Waals surface area contributed by atoms with Crippen LogP contribution in [-0.2, 0) is 22.0 Å². The van der Waals surface area contributed by atoms with Crippen molar-refractivity contribution in [3.63, 3.8) is 0 Å². The van der Waals surface area contributed by atoms with E-state index in [0.29, 0.717) is 5.39 Å². The number of aromatic amines is 1. The van der Waals surface area contributed by atoms with Gasteiger partial charge in [-0.05, 0) is 17.7 Å². The predicted octanol–water partition coefficient (Wildman–Crippen LogP) is 2.40. The average molecular weight is 383 g/mol. The molecular formula is C16H12F3N3O3S. The van der Waals surface area contributed by atoms with Gasteiger partial charge in [0.25, 0.3) is 5.56 Å². The van der Waals surface area contributed by atoms with Gasteiger partial charge in [0.15, 0.2) is 0 Å². The molecule has 0 aliphatic rings. The van der Waals surface area contributed by atoms with Gasteiger partial charge < -0.3 is 0 Å². The Morgan fingerprint density at radius 3 is 2.35 bits per heavy atom. The molecule has 0 radical (unpaired) electrons. The van der Waals surface area contributed by atoms with Crippen molar-refractivity contribution in [2.45, 2.75) is 11.9 Å². The van der Waals surface area contributed by atoms with Crippen LogP contribution in [-0.4, -0.2) is 18.6 Å². The van der Waals surface area contributed by atoms with Crippen molar-refractivity contribution in [1.29, 1.82) is 0 Å². The molecule has 3 N–H and O–H groups in total. The number of sulfonamides is 1. The van der Waals surface area contributed by atoms with Gasteiger partial charge in [0.05, 0.1) is 22.4 Å². The number of hydrogen-bond donors (Lipinski definition) is 2. The highest BCUT2D eigenvalue weighted by Gasteiger charge is 2.34. The third-order valence-corrected chi connectivity index (χ3v) is 4.45. The lowest BCUT2D eigenvalue weighted by atomic mass is 10.00. The highest BCUT2D eigenvalue weighted by atomic mass is 32.2. The highest BCUT2D eigenvalue weighted by molar-refractivity contribution is 7.88. The summed E-state index contributed by atoms with van der Waals surface area (Å²) in [4.78, 5) is 11.8. The van der Waals surface area contributed by atoms with Crippen LogP contribution in [0.3, 0.4) is 0 Å². The van der Waals surface area contributed by atoms with E-state index in [1.54, 1.807) is 18.2 Å². The van der Waals surface area contributed by atoms with E-state index in [9.17, 15) is 26.4 Å². The maximum Gasteiger partial charge on any atom is 0.416 e. The molecule has 10 heteroatoms. The Hall–Kier alpha value is -2.72. The summed E-state index contributed by atoms with van der Waals surface area (Å²) in [5.41, 5.74) is -1.82. The lowest BCUT2D eigenvalue weighted by Gasteiger charge is -2.14. The molecule has 26 heavy (non-hydrogen) atoms. The molecular weight excluding hydrogens is 371 g/mol. The van der Waals surface area contributed by atoms with Gasteiger partial charge in [-0.25, -0.2) is 18.7 Å². The second-order valence-electron chi connectivity index (χ2n) is 5.62. The van der Waals surface area contributed by atoms with Crippen LogP contribution in [0.4, 0.5) is 13.2 Å². The topological polar surface area (TPSA) is 106 Å². The van der Waals surface area contributed by atoms with Gasteiger partial charge in [0.1, 0.15) is 0 Å². The highest BCUT2D eigenvalue weighted by Crippen LogP contribution is 2.36. The number of nitrogens with two attached hydrogens (primary N) is 1. The van der Waals surface area contributed by atoms with E-state index in [1.165, 1.54) is 12.1 Å². The maximum absolute atomic E-state index is 13.4. The van der Waals surface area contributed by atoms with E-state index in [1.807, 2.05) is 0 Å². The largest absolute Gasteiger partial charge is 0.416 e. The van der Waals surface area contributed by atoms with E-state index in [4.69, 9.17) is 5.14 Å². The lowest BCUT2D eigenvalue weighted by Crippen LogP contribution is -2.18. The van der Waals surface area contributed by atoms with Crippen LogP contribution >= 0.6 is 0 Å². The monoisotopic (exact) mass is 383 g/mol. The first-order chi connectivity index (χ1) is 12.1. The molecule has 0 unspecified atom stereocenters. The standard InChI is InChI=1S/C16H12F3N3O3S/c17-16(18,19)13-7-9(5-6-10(13)8-26(20,24)25)14-11-3-1-2-4-12(11)15(23)22-21-14/h1-7H,8H2,(H,22,23)(H2,20,24,25). The first-order valence-electron chi connectivity index (χ1n) is 7.24. The SMILES string of the molecule is NS(=O)(=O)Cc1ccc(-c2n[nH]c(=O)c3ccccc23)cc1C(F)(F)F. The molecule has 6 nitrogen and oxygen atoms in total. The molecule has 0 saturated carbocycles. The molecule has 2 aromatic carbocycles. The Bertz CT molecular complexity index is 1150. The zero-order chi connectivity index (χ0) is 19.1. The molecule has 3 aromatic rings. The molecule has 0 bridgehead atoms. The van der Waals surface area contributed by atoms with Crippen LogP contribution in [0.5, 0.6) is 0 Å². The van der Waals surface area contributed by atoms with Crippen LogP contribution in [0.2, 0.25) is 0 Å². The van der Waals surface area contributed by atoms with Crippen molar-refractivity contribution >= 4 is 20.8 Å². The molecule has 136 valence electrons. The number of rotatable bonds is 3. The van der Waals surface area contributed by atoms with E-state index in [0.717, 1.165) is 12.1 Å². The minimum Gasteiger partial charge on any atom is -0.267 e. The summed E-state index contributed by atoms with van der Waals surface area (Å²) < 4.78 is 62.6. The fraction of sp³-hybridized carbons (Fsp3) is 0.125. The van der Waals surface area contributed by atoms with Crippen molar-refractivity contribution in [1.82, 2.24) is 10.2 Å². The summed E-state index contributed by atoms with van der Waals surface area (Å²) in [5.74, 6) is -0.943. The first kappa shape index (κ1) is 18.1. The molecule has 0 aliphatic carbocycles. The Morgan fingerprint density at radius 1 is 1.08 bits per heavy atom. The Labute approximate surface area is 145 Å². The first-order valence-corrected chi connectivity index (χ1v) is 8.96. The fourth-order valence-electron chi connectivity index (χ4n) is 2.67. The molecule has 1 aromatic heterocycles. The van der Waals surface area contributed by atoms with Crippen LogP contribution in [0.15, 0.2) is 47.3 Å². The normalized spacial score (nSPS) is 12.5. The number of aromatic nitrogens is 2. The van der Waals surface area contributed by atoms with E-state index >= 15 is 0 Å². The van der Waals surface area contributed by atoms with Crippen LogP contribution < -0.4 is 10.7 Å². The molecule has 0 atom stereocenters. The molecule has 0 spiro atoms. The summed E-state index contributed by atoms with van der Waals surface area (Å²) in [6, 6.07) is 9.50. The summed E-state index contributed by atoms with van der Waals surface area (Å²) in [7, 11) is -4.14. The predicted molar refractivity (Wildman–Crippen MR) is 89.6 cm³/mol. The molecule has 0 saturated heterocycles. The second kappa shape index (κ2) is 6.22. The maximum atomic E-state index is 13.4. The number of halogens is 3. The number of fused-ring (bicyclic) bond motifs is 1. The van der Waals surface area contributed by atoms with Gasteiger partial charge in [-0.15, -0.1) is 0 Å². The number of benzene rings is 2. The van der Waals surface area contributed by atoms with Gasteiger partial charge in [0, 0.05) is 10.9 Å². The molecule has 3 rings (SSSR count). The molecule has 1 heterocycles. The van der Waals surface area contributed by atoms with Crippen molar-refractivity contribution in [2.24, 2.45) is 5.14 Å². The summed E-state index contributed by atoms with van der Waals surface area (Å²) >= 11 is 0. The number of alkyl halides is 3. The van der Waals surface area contributed by atoms with Crippen molar-refractivity contribution in [2.75, 3.05) is 0 Å². The van der Waals surface area contributed by atoms with Crippen molar-refractivity contribution in [3.8, 4) is 11.3 Å².